The lowest BCUT2D eigenvalue weighted by Crippen LogP contribution is -2.36. The monoisotopic (exact) mass is 255 g/mol. The molecule has 0 aromatic heterocycles. The Kier molecular flexibility index (Phi) is 3.44. The summed E-state index contributed by atoms with van der Waals surface area (Å²) in [7, 11) is 0. The molecule has 0 aliphatic carbocycles. The molecule has 2 aliphatic heterocycles. The normalized spacial score (nSPS) is 27.7. The number of likely N-dealkylation sites (tertiary alicyclic amines) is 1. The molecule has 19 heavy (non-hydrogen) atoms. The average molecular weight is 255 g/mol. The number of nitrogens with zero attached hydrogens (tertiary/aromatic N) is 3. The van der Waals surface area contributed by atoms with Crippen molar-refractivity contribution in [1.29, 1.82) is 5.26 Å². The van der Waals surface area contributed by atoms with Gasteiger partial charge in [-0.25, -0.2) is 0 Å². The lowest BCUT2D eigenvalue weighted by Gasteiger charge is -2.25. The summed E-state index contributed by atoms with van der Waals surface area (Å²) in [6.07, 6.45) is 2.28. The first-order valence-electron chi connectivity index (χ1n) is 7.22. The second kappa shape index (κ2) is 5.22. The van der Waals surface area contributed by atoms with Gasteiger partial charge in [0.05, 0.1) is 12.0 Å². The highest BCUT2D eigenvalue weighted by atomic mass is 15.3. The fourth-order valence-electron chi connectivity index (χ4n) is 3.40. The summed E-state index contributed by atoms with van der Waals surface area (Å²) < 4.78 is 0. The molecule has 0 bridgehead atoms. The average Bonchev–Trinajstić information content (AvgIpc) is 3.08. The first-order valence-corrected chi connectivity index (χ1v) is 7.22. The fraction of sp³-hybridized carbons (Fsp3) is 0.562. The van der Waals surface area contributed by atoms with E-state index in [2.05, 4.69) is 47.1 Å². The molecule has 3 heteroatoms. The minimum Gasteiger partial charge on any atom is -0.370 e. The summed E-state index contributed by atoms with van der Waals surface area (Å²) in [6.45, 7) is 6.52. The number of nitriles is 1. The summed E-state index contributed by atoms with van der Waals surface area (Å²) in [5.41, 5.74) is 2.74. The second-order valence-electron chi connectivity index (χ2n) is 5.78. The third-order valence-corrected chi connectivity index (χ3v) is 4.54. The zero-order valence-electron chi connectivity index (χ0n) is 11.5. The van der Waals surface area contributed by atoms with E-state index in [0.717, 1.165) is 32.6 Å². The van der Waals surface area contributed by atoms with E-state index in [0.29, 0.717) is 6.04 Å². The summed E-state index contributed by atoms with van der Waals surface area (Å²) in [5.74, 6) is 0.257. The lowest BCUT2D eigenvalue weighted by molar-refractivity contribution is 0.255. The Balaban J connectivity index is 1.65. The van der Waals surface area contributed by atoms with E-state index in [1.165, 1.54) is 17.7 Å². The number of benzene rings is 1. The number of hydrogen-bond acceptors (Lipinski definition) is 3. The highest BCUT2D eigenvalue weighted by Gasteiger charge is 2.33. The molecule has 2 fully saturated rings. The molecule has 1 aromatic carbocycles. The molecular formula is C16H21N3. The van der Waals surface area contributed by atoms with Crippen LogP contribution in [-0.4, -0.2) is 37.1 Å². The van der Waals surface area contributed by atoms with Crippen molar-refractivity contribution in [3.05, 3.63) is 29.8 Å². The Labute approximate surface area is 115 Å². The van der Waals surface area contributed by atoms with Gasteiger partial charge >= 0.3 is 0 Å². The van der Waals surface area contributed by atoms with E-state index in [1.807, 2.05) is 0 Å². The SMILES string of the molecule is Cc1ccccc1N1CCC(N2CCC(C#N)C2)C1. The van der Waals surface area contributed by atoms with E-state index in [-0.39, 0.29) is 5.92 Å². The van der Waals surface area contributed by atoms with E-state index < -0.39 is 0 Å². The van der Waals surface area contributed by atoms with Crippen molar-refractivity contribution in [3.8, 4) is 6.07 Å². The molecule has 3 nitrogen and oxygen atoms in total. The Morgan fingerprint density at radius 2 is 2.00 bits per heavy atom. The van der Waals surface area contributed by atoms with Crippen molar-refractivity contribution >= 4 is 5.69 Å². The van der Waals surface area contributed by atoms with E-state index in [9.17, 15) is 0 Å². The van der Waals surface area contributed by atoms with Gasteiger partial charge < -0.3 is 4.90 Å². The van der Waals surface area contributed by atoms with Crippen LogP contribution in [0.2, 0.25) is 0 Å². The van der Waals surface area contributed by atoms with Gasteiger partial charge in [-0.05, 0) is 37.9 Å². The van der Waals surface area contributed by atoms with Crippen LogP contribution >= 0.6 is 0 Å². The Morgan fingerprint density at radius 3 is 2.74 bits per heavy atom. The van der Waals surface area contributed by atoms with E-state index in [4.69, 9.17) is 5.26 Å². The number of anilines is 1. The Hall–Kier alpha value is -1.53. The number of rotatable bonds is 2. The molecule has 0 spiro atoms. The molecule has 2 aliphatic rings. The standard InChI is InChI=1S/C16H21N3/c1-13-4-2-3-5-16(13)19-9-7-15(12-19)18-8-6-14(10-17)11-18/h2-5,14-15H,6-9,11-12H2,1H3. The predicted molar refractivity (Wildman–Crippen MR) is 77.1 cm³/mol. The van der Waals surface area contributed by atoms with Crippen LogP contribution < -0.4 is 4.90 Å². The topological polar surface area (TPSA) is 30.3 Å². The van der Waals surface area contributed by atoms with Crippen LogP contribution in [0.4, 0.5) is 5.69 Å². The van der Waals surface area contributed by atoms with Crippen molar-refractivity contribution in [2.75, 3.05) is 31.1 Å². The van der Waals surface area contributed by atoms with Gasteiger partial charge in [-0.1, -0.05) is 18.2 Å². The van der Waals surface area contributed by atoms with Crippen LogP contribution in [0.15, 0.2) is 24.3 Å². The molecule has 2 saturated heterocycles. The summed E-state index contributed by atoms with van der Waals surface area (Å²) in [6, 6.07) is 11.7. The molecule has 2 atom stereocenters. The van der Waals surface area contributed by atoms with E-state index >= 15 is 0 Å². The number of para-hydroxylation sites is 1. The second-order valence-corrected chi connectivity index (χ2v) is 5.78. The van der Waals surface area contributed by atoms with Crippen molar-refractivity contribution < 1.29 is 0 Å². The van der Waals surface area contributed by atoms with Crippen molar-refractivity contribution in [1.82, 2.24) is 4.90 Å². The van der Waals surface area contributed by atoms with Crippen molar-refractivity contribution in [3.63, 3.8) is 0 Å². The minimum atomic E-state index is 0.257. The van der Waals surface area contributed by atoms with Gasteiger partial charge in [0.15, 0.2) is 0 Å². The fourth-order valence-corrected chi connectivity index (χ4v) is 3.40. The quantitative estimate of drug-likeness (QED) is 0.813. The Bertz CT molecular complexity index is 491. The van der Waals surface area contributed by atoms with Gasteiger partial charge in [-0.3, -0.25) is 4.90 Å². The molecular weight excluding hydrogens is 234 g/mol. The zero-order chi connectivity index (χ0) is 13.2. The number of aryl methyl sites for hydroxylation is 1. The van der Waals surface area contributed by atoms with Crippen LogP contribution in [0.1, 0.15) is 18.4 Å². The molecule has 1 aromatic rings. The number of hydrogen-bond donors (Lipinski definition) is 0. The summed E-state index contributed by atoms with van der Waals surface area (Å²) in [5, 5.41) is 9.01. The largest absolute Gasteiger partial charge is 0.370 e. The lowest BCUT2D eigenvalue weighted by atomic mass is 10.1. The Morgan fingerprint density at radius 1 is 1.16 bits per heavy atom. The molecule has 0 radical (unpaired) electrons. The predicted octanol–water partition coefficient (Wildman–Crippen LogP) is 2.42. The third-order valence-electron chi connectivity index (χ3n) is 4.54. The third kappa shape index (κ3) is 2.46. The van der Waals surface area contributed by atoms with Crippen LogP contribution in [0.25, 0.3) is 0 Å². The molecule has 0 saturated carbocycles. The minimum absolute atomic E-state index is 0.257. The summed E-state index contributed by atoms with van der Waals surface area (Å²) >= 11 is 0. The smallest absolute Gasteiger partial charge is 0.0669 e. The molecule has 2 unspecified atom stereocenters. The first kappa shape index (κ1) is 12.5. The maximum atomic E-state index is 9.01. The van der Waals surface area contributed by atoms with Gasteiger partial charge in [-0.15, -0.1) is 0 Å². The molecule has 0 N–H and O–H groups in total. The maximum absolute atomic E-state index is 9.01. The summed E-state index contributed by atoms with van der Waals surface area (Å²) in [4.78, 5) is 5.02. The van der Waals surface area contributed by atoms with Crippen LogP contribution in [0, 0.1) is 24.2 Å². The van der Waals surface area contributed by atoms with Crippen LogP contribution in [-0.2, 0) is 0 Å². The van der Waals surface area contributed by atoms with Crippen LogP contribution in [0.3, 0.4) is 0 Å². The molecule has 0 amide bonds. The van der Waals surface area contributed by atoms with Crippen LogP contribution in [0.5, 0.6) is 0 Å². The van der Waals surface area contributed by atoms with Crippen molar-refractivity contribution in [2.45, 2.75) is 25.8 Å². The first-order chi connectivity index (χ1) is 9.28. The zero-order valence-corrected chi connectivity index (χ0v) is 11.5. The van der Waals surface area contributed by atoms with Crippen molar-refractivity contribution in [2.24, 2.45) is 5.92 Å². The highest BCUT2D eigenvalue weighted by Crippen LogP contribution is 2.28. The van der Waals surface area contributed by atoms with Gasteiger partial charge in [0, 0.05) is 31.4 Å². The molecule has 3 rings (SSSR count). The maximum Gasteiger partial charge on any atom is 0.0669 e. The van der Waals surface area contributed by atoms with Gasteiger partial charge in [-0.2, -0.15) is 5.26 Å². The van der Waals surface area contributed by atoms with Gasteiger partial charge in [0.2, 0.25) is 0 Å². The molecule has 100 valence electrons. The van der Waals surface area contributed by atoms with Gasteiger partial charge in [0.1, 0.15) is 0 Å². The molecule has 2 heterocycles. The highest BCUT2D eigenvalue weighted by molar-refractivity contribution is 5.53. The van der Waals surface area contributed by atoms with E-state index in [1.54, 1.807) is 0 Å². The van der Waals surface area contributed by atoms with Gasteiger partial charge in [0.25, 0.3) is 0 Å².